The van der Waals surface area contributed by atoms with Crippen LogP contribution in [0, 0.1) is 23.7 Å². The van der Waals surface area contributed by atoms with Gasteiger partial charge in [-0.1, -0.05) is 23.3 Å². The third-order valence-corrected chi connectivity index (χ3v) is 3.72. The van der Waals surface area contributed by atoms with Crippen molar-refractivity contribution in [2.75, 3.05) is 13.2 Å². The second-order valence-corrected chi connectivity index (χ2v) is 4.58. The van der Waals surface area contributed by atoms with E-state index in [1.807, 2.05) is 0 Å². The van der Waals surface area contributed by atoms with Crippen molar-refractivity contribution in [3.05, 3.63) is 23.3 Å². The van der Waals surface area contributed by atoms with E-state index < -0.39 is 0 Å². The smallest absolute Gasteiger partial charge is 0.0471 e. The second-order valence-electron chi connectivity index (χ2n) is 4.58. The van der Waals surface area contributed by atoms with E-state index in [-0.39, 0.29) is 25.0 Å². The highest BCUT2D eigenvalue weighted by atomic mass is 16.3. The lowest BCUT2D eigenvalue weighted by Gasteiger charge is -2.23. The number of aliphatic hydroxyl groups excluding tert-OH is 2. The zero-order valence-electron chi connectivity index (χ0n) is 8.77. The molecule has 0 amide bonds. The first-order valence-electron chi connectivity index (χ1n) is 5.28. The summed E-state index contributed by atoms with van der Waals surface area (Å²) in [6.45, 7) is 4.62. The average molecular weight is 194 g/mol. The molecule has 2 nitrogen and oxygen atoms in total. The molecule has 0 radical (unpaired) electrons. The Bertz CT molecular complexity index is 265. The van der Waals surface area contributed by atoms with E-state index in [1.54, 1.807) is 0 Å². The van der Waals surface area contributed by atoms with Gasteiger partial charge in [0.05, 0.1) is 0 Å². The SMILES string of the molecule is CC(C)=C1C2C=CC1C(CO)C2CO. The predicted molar refractivity (Wildman–Crippen MR) is 55.6 cm³/mol. The summed E-state index contributed by atoms with van der Waals surface area (Å²) in [5.74, 6) is 1.24. The van der Waals surface area contributed by atoms with Crippen LogP contribution in [0.25, 0.3) is 0 Å². The summed E-state index contributed by atoms with van der Waals surface area (Å²) < 4.78 is 0. The van der Waals surface area contributed by atoms with Gasteiger partial charge in [-0.05, 0) is 25.7 Å². The maximum absolute atomic E-state index is 9.32. The van der Waals surface area contributed by atoms with E-state index in [0.29, 0.717) is 11.8 Å². The van der Waals surface area contributed by atoms with Crippen molar-refractivity contribution in [1.29, 1.82) is 0 Å². The van der Waals surface area contributed by atoms with E-state index in [1.165, 1.54) is 11.1 Å². The van der Waals surface area contributed by atoms with Gasteiger partial charge in [-0.2, -0.15) is 0 Å². The van der Waals surface area contributed by atoms with Crippen LogP contribution >= 0.6 is 0 Å². The first-order chi connectivity index (χ1) is 6.70. The minimum absolute atomic E-state index is 0.188. The lowest BCUT2D eigenvalue weighted by Crippen LogP contribution is -2.25. The molecule has 0 saturated heterocycles. The maximum Gasteiger partial charge on any atom is 0.0471 e. The molecular weight excluding hydrogens is 176 g/mol. The summed E-state index contributed by atoms with van der Waals surface area (Å²) in [5.41, 5.74) is 2.78. The summed E-state index contributed by atoms with van der Waals surface area (Å²) in [5, 5.41) is 18.6. The second kappa shape index (κ2) is 3.52. The molecule has 78 valence electrons. The monoisotopic (exact) mass is 194 g/mol. The molecule has 4 unspecified atom stereocenters. The number of fused-ring (bicyclic) bond motifs is 2. The molecule has 0 aliphatic heterocycles. The van der Waals surface area contributed by atoms with Crippen LogP contribution in [0.1, 0.15) is 13.8 Å². The lowest BCUT2D eigenvalue weighted by atomic mass is 9.84. The van der Waals surface area contributed by atoms with Gasteiger partial charge in [0.1, 0.15) is 0 Å². The zero-order valence-corrected chi connectivity index (χ0v) is 8.77. The molecule has 0 spiro atoms. The molecule has 4 atom stereocenters. The molecule has 0 aromatic heterocycles. The highest BCUT2D eigenvalue weighted by Crippen LogP contribution is 2.52. The topological polar surface area (TPSA) is 40.5 Å². The summed E-state index contributed by atoms with van der Waals surface area (Å²) in [7, 11) is 0. The summed E-state index contributed by atoms with van der Waals surface area (Å²) >= 11 is 0. The molecule has 2 bridgehead atoms. The molecule has 0 aromatic carbocycles. The Morgan fingerprint density at radius 2 is 1.50 bits per heavy atom. The van der Waals surface area contributed by atoms with Crippen molar-refractivity contribution in [1.82, 2.24) is 0 Å². The molecule has 14 heavy (non-hydrogen) atoms. The number of allylic oxidation sites excluding steroid dienone is 4. The average Bonchev–Trinajstić information content (AvgIpc) is 2.70. The van der Waals surface area contributed by atoms with E-state index in [0.717, 1.165) is 0 Å². The molecule has 2 N–H and O–H groups in total. The fourth-order valence-electron chi connectivity index (χ4n) is 3.11. The van der Waals surface area contributed by atoms with Crippen LogP contribution in [0.3, 0.4) is 0 Å². The lowest BCUT2D eigenvalue weighted by molar-refractivity contribution is 0.112. The predicted octanol–water partition coefficient (Wildman–Crippen LogP) is 1.36. The molecule has 0 aromatic rings. The molecule has 2 heteroatoms. The van der Waals surface area contributed by atoms with Crippen LogP contribution in [-0.2, 0) is 0 Å². The van der Waals surface area contributed by atoms with Gasteiger partial charge in [0.2, 0.25) is 0 Å². The number of rotatable bonds is 2. The van der Waals surface area contributed by atoms with Gasteiger partial charge in [-0.25, -0.2) is 0 Å². The molecule has 0 heterocycles. The normalized spacial score (nSPS) is 39.6. The van der Waals surface area contributed by atoms with Crippen molar-refractivity contribution in [3.63, 3.8) is 0 Å². The van der Waals surface area contributed by atoms with Gasteiger partial charge in [-0.15, -0.1) is 0 Å². The maximum atomic E-state index is 9.32. The van der Waals surface area contributed by atoms with Gasteiger partial charge in [0.15, 0.2) is 0 Å². The number of hydrogen-bond donors (Lipinski definition) is 2. The quantitative estimate of drug-likeness (QED) is 0.651. The van der Waals surface area contributed by atoms with E-state index in [9.17, 15) is 10.2 Å². The zero-order chi connectivity index (χ0) is 10.3. The van der Waals surface area contributed by atoms with Crippen LogP contribution in [-0.4, -0.2) is 23.4 Å². The Balaban J connectivity index is 2.36. The van der Waals surface area contributed by atoms with Crippen molar-refractivity contribution >= 4 is 0 Å². The molecule has 1 fully saturated rings. The van der Waals surface area contributed by atoms with Crippen molar-refractivity contribution < 1.29 is 10.2 Å². The van der Waals surface area contributed by atoms with Crippen molar-refractivity contribution in [2.45, 2.75) is 13.8 Å². The Morgan fingerprint density at radius 1 is 1.07 bits per heavy atom. The molecule has 2 aliphatic carbocycles. The first kappa shape index (κ1) is 9.94. The van der Waals surface area contributed by atoms with Crippen LogP contribution in [0.4, 0.5) is 0 Å². The molecular formula is C12H18O2. The summed E-state index contributed by atoms with van der Waals surface area (Å²) in [4.78, 5) is 0. The Morgan fingerprint density at radius 3 is 1.79 bits per heavy atom. The molecule has 2 aliphatic rings. The number of hydrogen-bond acceptors (Lipinski definition) is 2. The molecule has 1 saturated carbocycles. The van der Waals surface area contributed by atoms with E-state index >= 15 is 0 Å². The third kappa shape index (κ3) is 1.17. The van der Waals surface area contributed by atoms with Crippen molar-refractivity contribution in [3.8, 4) is 0 Å². The Kier molecular flexibility index (Phi) is 2.50. The fourth-order valence-corrected chi connectivity index (χ4v) is 3.11. The molecule has 2 rings (SSSR count). The minimum Gasteiger partial charge on any atom is -0.396 e. The largest absolute Gasteiger partial charge is 0.396 e. The highest BCUT2D eigenvalue weighted by Gasteiger charge is 2.47. The van der Waals surface area contributed by atoms with E-state index in [4.69, 9.17) is 0 Å². The van der Waals surface area contributed by atoms with Gasteiger partial charge >= 0.3 is 0 Å². The minimum atomic E-state index is 0.188. The van der Waals surface area contributed by atoms with Gasteiger partial charge in [-0.3, -0.25) is 0 Å². The van der Waals surface area contributed by atoms with Crippen LogP contribution in [0.2, 0.25) is 0 Å². The van der Waals surface area contributed by atoms with Crippen molar-refractivity contribution in [2.24, 2.45) is 23.7 Å². The van der Waals surface area contributed by atoms with Gasteiger partial charge in [0.25, 0.3) is 0 Å². The third-order valence-electron chi connectivity index (χ3n) is 3.72. The first-order valence-corrected chi connectivity index (χ1v) is 5.28. The van der Waals surface area contributed by atoms with Crippen LogP contribution in [0.5, 0.6) is 0 Å². The number of aliphatic hydroxyl groups is 2. The summed E-state index contributed by atoms with van der Waals surface area (Å²) in [6.07, 6.45) is 4.39. The Hall–Kier alpha value is -0.600. The van der Waals surface area contributed by atoms with Crippen LogP contribution in [0.15, 0.2) is 23.3 Å². The summed E-state index contributed by atoms with van der Waals surface area (Å²) in [6, 6.07) is 0. The van der Waals surface area contributed by atoms with Crippen LogP contribution < -0.4 is 0 Å². The highest BCUT2D eigenvalue weighted by molar-refractivity contribution is 5.37. The fraction of sp³-hybridized carbons (Fsp3) is 0.667. The standard InChI is InChI=1S/C12H18O2/c1-7(2)12-8-3-4-9(12)11(6-14)10(8)5-13/h3-4,8-11,13-14H,5-6H2,1-2H3. The van der Waals surface area contributed by atoms with Gasteiger partial charge < -0.3 is 10.2 Å². The van der Waals surface area contributed by atoms with E-state index in [2.05, 4.69) is 26.0 Å². The Labute approximate surface area is 85.0 Å². The van der Waals surface area contributed by atoms with Gasteiger partial charge in [0, 0.05) is 25.0 Å².